The van der Waals surface area contributed by atoms with Gasteiger partial charge in [0.2, 0.25) is 0 Å². The number of anilines is 1. The summed E-state index contributed by atoms with van der Waals surface area (Å²) in [6.45, 7) is 2.50. The number of aliphatic carboxylic acids is 1. The van der Waals surface area contributed by atoms with Gasteiger partial charge in [0.25, 0.3) is 5.91 Å². The number of amides is 1. The van der Waals surface area contributed by atoms with E-state index in [2.05, 4.69) is 15.3 Å². The highest BCUT2D eigenvalue weighted by molar-refractivity contribution is 5.93. The molecule has 2 N–H and O–H groups in total. The molecule has 1 aliphatic heterocycles. The SMILES string of the molecule is Cc1ccc(F)cc1OC1CN(c2cnc(C(=O)NCC(=O)O)cn2)C1. The molecule has 1 aromatic heterocycles. The van der Waals surface area contributed by atoms with E-state index in [4.69, 9.17) is 9.84 Å². The van der Waals surface area contributed by atoms with Crippen LogP contribution in [0.2, 0.25) is 0 Å². The van der Waals surface area contributed by atoms with Crippen LogP contribution in [-0.4, -0.2) is 52.7 Å². The number of nitrogens with zero attached hydrogens (tertiary/aromatic N) is 3. The van der Waals surface area contributed by atoms with Crippen LogP contribution in [0.5, 0.6) is 5.75 Å². The third-order valence-electron chi connectivity index (χ3n) is 3.89. The van der Waals surface area contributed by atoms with Gasteiger partial charge in [-0.2, -0.15) is 0 Å². The lowest BCUT2D eigenvalue weighted by atomic mass is 10.1. The maximum Gasteiger partial charge on any atom is 0.322 e. The zero-order valence-electron chi connectivity index (χ0n) is 14.0. The quantitative estimate of drug-likeness (QED) is 0.792. The summed E-state index contributed by atoms with van der Waals surface area (Å²) < 4.78 is 19.1. The molecule has 26 heavy (non-hydrogen) atoms. The predicted molar refractivity (Wildman–Crippen MR) is 89.8 cm³/mol. The van der Waals surface area contributed by atoms with Gasteiger partial charge >= 0.3 is 5.97 Å². The first-order valence-corrected chi connectivity index (χ1v) is 7.92. The maximum atomic E-state index is 13.3. The Labute approximate surface area is 148 Å². The van der Waals surface area contributed by atoms with Gasteiger partial charge in [-0.15, -0.1) is 0 Å². The number of aromatic nitrogens is 2. The number of benzene rings is 1. The Hall–Kier alpha value is -3.23. The van der Waals surface area contributed by atoms with E-state index >= 15 is 0 Å². The van der Waals surface area contributed by atoms with Crippen LogP contribution >= 0.6 is 0 Å². The molecule has 0 aliphatic carbocycles. The third-order valence-corrected chi connectivity index (χ3v) is 3.89. The van der Waals surface area contributed by atoms with Crippen LogP contribution in [0.25, 0.3) is 0 Å². The van der Waals surface area contributed by atoms with Gasteiger partial charge in [0.05, 0.1) is 25.5 Å². The molecule has 3 rings (SSSR count). The molecular formula is C17H17FN4O4. The van der Waals surface area contributed by atoms with E-state index in [1.165, 1.54) is 24.5 Å². The number of carboxylic acid groups (broad SMARTS) is 1. The van der Waals surface area contributed by atoms with Gasteiger partial charge in [-0.3, -0.25) is 9.59 Å². The Morgan fingerprint density at radius 2 is 2.12 bits per heavy atom. The van der Waals surface area contributed by atoms with Gasteiger partial charge in [-0.25, -0.2) is 14.4 Å². The van der Waals surface area contributed by atoms with Crippen LogP contribution in [0.15, 0.2) is 30.6 Å². The lowest BCUT2D eigenvalue weighted by molar-refractivity contribution is -0.135. The number of ether oxygens (including phenoxy) is 1. The van der Waals surface area contributed by atoms with Crippen molar-refractivity contribution in [3.05, 3.63) is 47.7 Å². The van der Waals surface area contributed by atoms with Gasteiger partial charge in [0.15, 0.2) is 0 Å². The summed E-state index contributed by atoms with van der Waals surface area (Å²) in [5.41, 5.74) is 0.903. The zero-order valence-corrected chi connectivity index (χ0v) is 14.0. The maximum absolute atomic E-state index is 13.3. The number of hydrogen-bond acceptors (Lipinski definition) is 6. The molecule has 9 heteroatoms. The molecule has 0 saturated carbocycles. The number of carbonyl (C=O) groups excluding carboxylic acids is 1. The molecule has 0 radical (unpaired) electrons. The molecule has 136 valence electrons. The Balaban J connectivity index is 1.53. The van der Waals surface area contributed by atoms with Gasteiger partial charge in [0.1, 0.15) is 35.7 Å². The molecule has 1 saturated heterocycles. The molecular weight excluding hydrogens is 343 g/mol. The van der Waals surface area contributed by atoms with E-state index in [9.17, 15) is 14.0 Å². The van der Waals surface area contributed by atoms with E-state index in [1.54, 1.807) is 6.07 Å². The first-order valence-electron chi connectivity index (χ1n) is 7.92. The molecule has 0 atom stereocenters. The van der Waals surface area contributed by atoms with Crippen LogP contribution in [-0.2, 0) is 4.79 Å². The van der Waals surface area contributed by atoms with Crippen molar-refractivity contribution in [2.45, 2.75) is 13.0 Å². The molecule has 1 aliphatic rings. The topological polar surface area (TPSA) is 105 Å². The number of aryl methyl sites for hydroxylation is 1. The van der Waals surface area contributed by atoms with Crippen molar-refractivity contribution in [3.8, 4) is 5.75 Å². The minimum absolute atomic E-state index is 0.0405. The fourth-order valence-electron chi connectivity index (χ4n) is 2.43. The van der Waals surface area contributed by atoms with Gasteiger partial charge < -0.3 is 20.1 Å². The summed E-state index contributed by atoms with van der Waals surface area (Å²) >= 11 is 0. The van der Waals surface area contributed by atoms with Crippen molar-refractivity contribution >= 4 is 17.7 Å². The molecule has 0 unspecified atom stereocenters. The number of halogens is 1. The number of carboxylic acids is 1. The standard InChI is InChI=1S/C17H17FN4O4/c1-10-2-3-11(18)4-14(10)26-12-8-22(9-12)15-6-19-13(5-20-15)17(25)21-7-16(23)24/h2-6,12H,7-9H2,1H3,(H,21,25)(H,23,24). The van der Waals surface area contributed by atoms with E-state index in [0.29, 0.717) is 24.7 Å². The second kappa shape index (κ2) is 7.34. The highest BCUT2D eigenvalue weighted by Gasteiger charge is 2.30. The second-order valence-corrected chi connectivity index (χ2v) is 5.89. The number of hydrogen-bond donors (Lipinski definition) is 2. The van der Waals surface area contributed by atoms with Crippen LogP contribution < -0.4 is 15.0 Å². The fourth-order valence-corrected chi connectivity index (χ4v) is 2.43. The van der Waals surface area contributed by atoms with Crippen LogP contribution in [0.1, 0.15) is 16.1 Å². The lowest BCUT2D eigenvalue weighted by Gasteiger charge is -2.39. The number of nitrogens with one attached hydrogen (secondary N) is 1. The number of rotatable bonds is 6. The van der Waals surface area contributed by atoms with Crippen LogP contribution in [0.3, 0.4) is 0 Å². The summed E-state index contributed by atoms with van der Waals surface area (Å²) in [7, 11) is 0. The van der Waals surface area contributed by atoms with Crippen molar-refractivity contribution in [2.75, 3.05) is 24.5 Å². The van der Waals surface area contributed by atoms with Crippen molar-refractivity contribution in [1.82, 2.24) is 15.3 Å². The largest absolute Gasteiger partial charge is 0.486 e. The van der Waals surface area contributed by atoms with Crippen molar-refractivity contribution in [2.24, 2.45) is 0 Å². The molecule has 1 amide bonds. The van der Waals surface area contributed by atoms with Crippen LogP contribution in [0.4, 0.5) is 10.2 Å². The lowest BCUT2D eigenvalue weighted by Crippen LogP contribution is -2.54. The van der Waals surface area contributed by atoms with Gasteiger partial charge in [-0.05, 0) is 18.6 Å². The second-order valence-electron chi connectivity index (χ2n) is 5.89. The Kier molecular flexibility index (Phi) is 4.97. The zero-order chi connectivity index (χ0) is 18.7. The van der Waals surface area contributed by atoms with E-state index in [-0.39, 0.29) is 17.6 Å². The molecule has 0 spiro atoms. The molecule has 2 aromatic rings. The summed E-state index contributed by atoms with van der Waals surface area (Å²) in [6, 6.07) is 4.42. The van der Waals surface area contributed by atoms with E-state index < -0.39 is 18.4 Å². The molecule has 0 bridgehead atoms. The third kappa shape index (κ3) is 4.05. The summed E-state index contributed by atoms with van der Waals surface area (Å²) in [4.78, 5) is 32.2. The minimum Gasteiger partial charge on any atom is -0.486 e. The summed E-state index contributed by atoms with van der Waals surface area (Å²) in [5.74, 6) is -0.980. The average molecular weight is 360 g/mol. The molecule has 1 aromatic carbocycles. The fraction of sp³-hybridized carbons (Fsp3) is 0.294. The molecule has 2 heterocycles. The highest BCUT2D eigenvalue weighted by Crippen LogP contribution is 2.25. The summed E-state index contributed by atoms with van der Waals surface area (Å²) in [6.07, 6.45) is 2.65. The predicted octanol–water partition coefficient (Wildman–Crippen LogP) is 1.01. The smallest absolute Gasteiger partial charge is 0.322 e. The number of carbonyl (C=O) groups is 2. The minimum atomic E-state index is -1.14. The first-order chi connectivity index (χ1) is 12.4. The highest BCUT2D eigenvalue weighted by atomic mass is 19.1. The van der Waals surface area contributed by atoms with Gasteiger partial charge in [-0.1, -0.05) is 6.07 Å². The summed E-state index contributed by atoms with van der Waals surface area (Å²) in [5, 5.41) is 10.8. The van der Waals surface area contributed by atoms with Crippen molar-refractivity contribution in [1.29, 1.82) is 0 Å². The molecule has 8 nitrogen and oxygen atoms in total. The van der Waals surface area contributed by atoms with Gasteiger partial charge in [0, 0.05) is 6.07 Å². The Bertz CT molecular complexity index is 822. The van der Waals surface area contributed by atoms with E-state index in [1.807, 2.05) is 11.8 Å². The van der Waals surface area contributed by atoms with Crippen LogP contribution in [0, 0.1) is 12.7 Å². The van der Waals surface area contributed by atoms with E-state index in [0.717, 1.165) is 5.56 Å². The normalized spacial score (nSPS) is 13.8. The Morgan fingerprint density at radius 1 is 1.35 bits per heavy atom. The first kappa shape index (κ1) is 17.6. The monoisotopic (exact) mass is 360 g/mol. The molecule has 1 fully saturated rings. The van der Waals surface area contributed by atoms with Crippen molar-refractivity contribution in [3.63, 3.8) is 0 Å². The Morgan fingerprint density at radius 3 is 2.77 bits per heavy atom. The van der Waals surface area contributed by atoms with Crippen molar-refractivity contribution < 1.29 is 23.8 Å². The average Bonchev–Trinajstić information content (AvgIpc) is 2.58.